The lowest BCUT2D eigenvalue weighted by Crippen LogP contribution is -2.25. The minimum Gasteiger partial charge on any atom is -0.484 e. The zero-order valence-corrected chi connectivity index (χ0v) is 15.7. The fourth-order valence-electron chi connectivity index (χ4n) is 1.92. The summed E-state index contributed by atoms with van der Waals surface area (Å²) in [5.74, 6) is 0.366. The lowest BCUT2D eigenvalue weighted by Gasteiger charge is -2.05. The lowest BCUT2D eigenvalue weighted by molar-refractivity contribution is -0.123. The molecule has 2 amide bonds. The van der Waals surface area contributed by atoms with Crippen molar-refractivity contribution >= 4 is 24.2 Å². The first-order chi connectivity index (χ1) is 13.5. The fourth-order valence-corrected chi connectivity index (χ4v) is 1.92. The zero-order chi connectivity index (χ0) is 20.2. The van der Waals surface area contributed by atoms with Gasteiger partial charge >= 0.3 is 0 Å². The third-order valence-electron chi connectivity index (χ3n) is 3.38. The normalized spacial score (nSPS) is 10.8. The first-order valence-electron chi connectivity index (χ1n) is 8.54. The van der Waals surface area contributed by atoms with Crippen molar-refractivity contribution in [3.63, 3.8) is 0 Å². The summed E-state index contributed by atoms with van der Waals surface area (Å²) in [5.41, 5.74) is 6.77. The van der Waals surface area contributed by atoms with Gasteiger partial charge in [0.1, 0.15) is 11.5 Å². The van der Waals surface area contributed by atoms with Crippen LogP contribution in [0.5, 0.6) is 11.5 Å². The third kappa shape index (κ3) is 8.13. The molecule has 0 saturated heterocycles. The molecule has 2 aromatic rings. The third-order valence-corrected chi connectivity index (χ3v) is 3.38. The van der Waals surface area contributed by atoms with Crippen LogP contribution < -0.4 is 20.3 Å². The number of nitrogens with one attached hydrogen (secondary N) is 2. The maximum Gasteiger partial charge on any atom is 0.277 e. The first-order valence-corrected chi connectivity index (χ1v) is 8.54. The number of aryl methyl sites for hydroxylation is 2. The largest absolute Gasteiger partial charge is 0.484 e. The minimum atomic E-state index is -0.416. The molecular formula is C20H22N4O4. The van der Waals surface area contributed by atoms with E-state index >= 15 is 0 Å². The summed E-state index contributed by atoms with van der Waals surface area (Å²) in [6, 6.07) is 14.7. The second kappa shape index (κ2) is 11.1. The van der Waals surface area contributed by atoms with E-state index in [0.717, 1.165) is 11.1 Å². The topological polar surface area (TPSA) is 101 Å². The van der Waals surface area contributed by atoms with E-state index < -0.39 is 11.8 Å². The van der Waals surface area contributed by atoms with Crippen molar-refractivity contribution in [2.24, 2.45) is 10.2 Å². The molecule has 0 aliphatic carbocycles. The Kier molecular flexibility index (Phi) is 8.19. The number of carbonyl (C=O) groups is 2. The number of hydrogen-bond acceptors (Lipinski definition) is 6. The smallest absolute Gasteiger partial charge is 0.277 e. The van der Waals surface area contributed by atoms with Gasteiger partial charge in [-0.15, -0.1) is 0 Å². The Morgan fingerprint density at radius 1 is 0.750 bits per heavy atom. The van der Waals surface area contributed by atoms with Crippen LogP contribution in [0, 0.1) is 13.8 Å². The molecule has 0 spiro atoms. The highest BCUT2D eigenvalue weighted by atomic mass is 16.5. The maximum absolute atomic E-state index is 11.6. The minimum absolute atomic E-state index is 0.162. The molecule has 0 aliphatic rings. The van der Waals surface area contributed by atoms with E-state index in [9.17, 15) is 9.59 Å². The number of rotatable bonds is 9. The molecule has 8 heteroatoms. The number of hydrazone groups is 2. The molecule has 0 aromatic heterocycles. The van der Waals surface area contributed by atoms with Crippen molar-refractivity contribution in [3.8, 4) is 11.5 Å². The molecular weight excluding hydrogens is 360 g/mol. The molecule has 2 aromatic carbocycles. The summed E-state index contributed by atoms with van der Waals surface area (Å²) in [4.78, 5) is 23.2. The number of carbonyl (C=O) groups excluding carboxylic acids is 2. The van der Waals surface area contributed by atoms with Gasteiger partial charge in [-0.25, -0.2) is 10.9 Å². The van der Waals surface area contributed by atoms with Crippen molar-refractivity contribution in [2.45, 2.75) is 13.8 Å². The van der Waals surface area contributed by atoms with Crippen LogP contribution >= 0.6 is 0 Å². The Bertz CT molecular complexity index is 759. The molecule has 28 heavy (non-hydrogen) atoms. The number of hydrogen-bond donors (Lipinski definition) is 2. The molecule has 0 atom stereocenters. The molecule has 0 saturated carbocycles. The van der Waals surface area contributed by atoms with Crippen molar-refractivity contribution < 1.29 is 19.1 Å². The summed E-state index contributed by atoms with van der Waals surface area (Å²) in [5, 5.41) is 7.32. The zero-order valence-electron chi connectivity index (χ0n) is 15.7. The van der Waals surface area contributed by atoms with Gasteiger partial charge in [0.2, 0.25) is 0 Å². The van der Waals surface area contributed by atoms with Crippen molar-refractivity contribution in [3.05, 3.63) is 59.7 Å². The molecule has 0 aliphatic heterocycles. The first kappa shape index (κ1) is 20.6. The van der Waals surface area contributed by atoms with E-state index in [1.54, 1.807) is 24.3 Å². The summed E-state index contributed by atoms with van der Waals surface area (Å²) in [7, 11) is 0. The Balaban J connectivity index is 1.59. The van der Waals surface area contributed by atoms with Crippen LogP contribution in [0.2, 0.25) is 0 Å². The van der Waals surface area contributed by atoms with Crippen LogP contribution in [-0.2, 0) is 9.59 Å². The molecule has 0 unspecified atom stereocenters. The van der Waals surface area contributed by atoms with Gasteiger partial charge in [-0.05, 0) is 38.1 Å². The number of ether oxygens (including phenoxy) is 2. The van der Waals surface area contributed by atoms with Gasteiger partial charge < -0.3 is 9.47 Å². The van der Waals surface area contributed by atoms with Gasteiger partial charge in [-0.3, -0.25) is 9.59 Å². The highest BCUT2D eigenvalue weighted by molar-refractivity contribution is 6.16. The predicted molar refractivity (Wildman–Crippen MR) is 107 cm³/mol. The van der Waals surface area contributed by atoms with Crippen LogP contribution in [0.25, 0.3) is 0 Å². The Labute approximate surface area is 163 Å². The second-order valence-electron chi connectivity index (χ2n) is 5.83. The molecule has 2 rings (SSSR count). The van der Waals surface area contributed by atoms with Crippen molar-refractivity contribution in [2.75, 3.05) is 13.2 Å². The Morgan fingerprint density at radius 3 is 1.46 bits per heavy atom. The standard InChI is InChI=1S/C20H22N4O4/c1-15-3-7-17(8-4-15)27-13-19(25)23-21-11-12-22-24-20(26)14-28-18-9-5-16(2)6-10-18/h3-12H,13-14H2,1-2H3,(H,23,25)(H,24,26)/b21-11-,22-12+. The van der Waals surface area contributed by atoms with Gasteiger partial charge in [0.15, 0.2) is 13.2 Å². The van der Waals surface area contributed by atoms with Crippen molar-refractivity contribution in [1.82, 2.24) is 10.9 Å². The molecule has 8 nitrogen and oxygen atoms in total. The SMILES string of the molecule is Cc1ccc(OCC(=O)N/N=C\C=N\NC(=O)COc2ccc(C)cc2)cc1. The van der Waals surface area contributed by atoms with E-state index in [2.05, 4.69) is 21.1 Å². The summed E-state index contributed by atoms with van der Waals surface area (Å²) >= 11 is 0. The van der Waals surface area contributed by atoms with Gasteiger partial charge in [-0.2, -0.15) is 10.2 Å². The highest BCUT2D eigenvalue weighted by Crippen LogP contribution is 2.11. The van der Waals surface area contributed by atoms with Gasteiger partial charge in [0.05, 0.1) is 12.4 Å². The molecule has 0 bridgehead atoms. The van der Waals surface area contributed by atoms with E-state index in [1.807, 2.05) is 38.1 Å². The monoisotopic (exact) mass is 382 g/mol. The average molecular weight is 382 g/mol. The van der Waals surface area contributed by atoms with Gasteiger partial charge in [0.25, 0.3) is 11.8 Å². The molecule has 2 N–H and O–H groups in total. The van der Waals surface area contributed by atoms with Crippen LogP contribution in [0.15, 0.2) is 58.7 Å². The average Bonchev–Trinajstić information content (AvgIpc) is 2.69. The van der Waals surface area contributed by atoms with Crippen LogP contribution in [-0.4, -0.2) is 37.5 Å². The summed E-state index contributed by atoms with van der Waals surface area (Å²) in [6.45, 7) is 3.60. The van der Waals surface area contributed by atoms with E-state index in [-0.39, 0.29) is 13.2 Å². The van der Waals surface area contributed by atoms with Gasteiger partial charge in [0, 0.05) is 0 Å². The fraction of sp³-hybridized carbons (Fsp3) is 0.200. The van der Waals surface area contributed by atoms with Crippen molar-refractivity contribution in [1.29, 1.82) is 0 Å². The number of benzene rings is 2. The van der Waals surface area contributed by atoms with E-state index in [1.165, 1.54) is 12.4 Å². The molecule has 146 valence electrons. The van der Waals surface area contributed by atoms with E-state index in [4.69, 9.17) is 9.47 Å². The Morgan fingerprint density at radius 2 is 1.11 bits per heavy atom. The number of nitrogens with zero attached hydrogens (tertiary/aromatic N) is 2. The summed E-state index contributed by atoms with van der Waals surface area (Å²) in [6.07, 6.45) is 2.45. The lowest BCUT2D eigenvalue weighted by atomic mass is 10.2. The molecule has 0 radical (unpaired) electrons. The second-order valence-corrected chi connectivity index (χ2v) is 5.83. The van der Waals surface area contributed by atoms with Crippen LogP contribution in [0.3, 0.4) is 0 Å². The van der Waals surface area contributed by atoms with E-state index in [0.29, 0.717) is 11.5 Å². The number of amides is 2. The molecule has 0 fully saturated rings. The van der Waals surface area contributed by atoms with Gasteiger partial charge in [-0.1, -0.05) is 35.4 Å². The predicted octanol–water partition coefficient (Wildman–Crippen LogP) is 1.97. The maximum atomic E-state index is 11.6. The quantitative estimate of drug-likeness (QED) is 0.511. The summed E-state index contributed by atoms with van der Waals surface area (Å²) < 4.78 is 10.6. The Hall–Kier alpha value is -3.68. The molecule has 0 heterocycles. The van der Waals surface area contributed by atoms with Crippen LogP contribution in [0.1, 0.15) is 11.1 Å². The van der Waals surface area contributed by atoms with Crippen LogP contribution in [0.4, 0.5) is 0 Å². The highest BCUT2D eigenvalue weighted by Gasteiger charge is 2.01.